The predicted molar refractivity (Wildman–Crippen MR) is 94.7 cm³/mol. The first-order valence-corrected chi connectivity index (χ1v) is 7.93. The molecule has 5 nitrogen and oxygen atoms in total. The van der Waals surface area contributed by atoms with Crippen molar-refractivity contribution in [3.63, 3.8) is 0 Å². The van der Waals surface area contributed by atoms with E-state index in [-0.39, 0.29) is 0 Å². The molecular formula is C19H20N2O3. The van der Waals surface area contributed by atoms with Gasteiger partial charge in [-0.2, -0.15) is 0 Å². The molecule has 0 spiro atoms. The van der Waals surface area contributed by atoms with Gasteiger partial charge in [-0.15, -0.1) is 0 Å². The lowest BCUT2D eigenvalue weighted by molar-refractivity contribution is 0.0596. The number of ether oxygens (including phenoxy) is 2. The van der Waals surface area contributed by atoms with Crippen LogP contribution in [0.2, 0.25) is 0 Å². The van der Waals surface area contributed by atoms with Gasteiger partial charge in [-0.3, -0.25) is 4.99 Å². The summed E-state index contributed by atoms with van der Waals surface area (Å²) < 4.78 is 10.6. The molecule has 0 unspecified atom stereocenters. The molecule has 0 saturated heterocycles. The number of carbonyl (C=O) groups excluding carboxylic acids is 1. The smallest absolute Gasteiger partial charge is 0.341 e. The van der Waals surface area contributed by atoms with E-state index in [1.807, 2.05) is 24.3 Å². The fourth-order valence-corrected chi connectivity index (χ4v) is 2.73. The number of anilines is 1. The van der Waals surface area contributed by atoms with Crippen LogP contribution < -0.4 is 9.64 Å². The van der Waals surface area contributed by atoms with Crippen LogP contribution >= 0.6 is 0 Å². The van der Waals surface area contributed by atoms with E-state index >= 15 is 0 Å². The summed E-state index contributed by atoms with van der Waals surface area (Å²) in [6.45, 7) is 4.06. The summed E-state index contributed by atoms with van der Waals surface area (Å²) in [5.74, 6) is 0.102. The highest BCUT2D eigenvalue weighted by Gasteiger charge is 2.19. The maximum Gasteiger partial charge on any atom is 0.341 e. The van der Waals surface area contributed by atoms with Gasteiger partial charge < -0.3 is 14.4 Å². The normalized spacial score (nSPS) is 13.1. The Kier molecular flexibility index (Phi) is 4.79. The lowest BCUT2D eigenvalue weighted by Gasteiger charge is -2.29. The number of methoxy groups -OCH3 is 1. The highest BCUT2D eigenvalue weighted by atomic mass is 16.5. The Labute approximate surface area is 141 Å². The van der Waals surface area contributed by atoms with E-state index in [1.165, 1.54) is 7.11 Å². The van der Waals surface area contributed by atoms with E-state index in [9.17, 15) is 4.79 Å². The highest BCUT2D eigenvalue weighted by Crippen LogP contribution is 2.31. The molecule has 0 fully saturated rings. The summed E-state index contributed by atoms with van der Waals surface area (Å²) in [5, 5.41) is 0. The predicted octanol–water partition coefficient (Wildman–Crippen LogP) is 3.46. The zero-order valence-electron chi connectivity index (χ0n) is 13.9. The summed E-state index contributed by atoms with van der Waals surface area (Å²) >= 11 is 0. The Bertz CT molecular complexity index is 771. The van der Waals surface area contributed by atoms with Crippen molar-refractivity contribution in [1.29, 1.82) is 0 Å². The summed E-state index contributed by atoms with van der Waals surface area (Å²) in [5.41, 5.74) is 3.43. The maximum atomic E-state index is 11.8. The molecule has 5 heteroatoms. The first-order valence-electron chi connectivity index (χ1n) is 7.93. The minimum atomic E-state index is -0.406. The van der Waals surface area contributed by atoms with Gasteiger partial charge in [0.05, 0.1) is 30.7 Å². The second kappa shape index (κ2) is 7.17. The van der Waals surface area contributed by atoms with E-state index in [1.54, 1.807) is 18.2 Å². The summed E-state index contributed by atoms with van der Waals surface area (Å²) in [4.78, 5) is 18.8. The van der Waals surface area contributed by atoms with Crippen LogP contribution in [0.3, 0.4) is 0 Å². The van der Waals surface area contributed by atoms with Crippen LogP contribution in [-0.2, 0) is 4.74 Å². The van der Waals surface area contributed by atoms with Crippen LogP contribution in [0.25, 0.3) is 0 Å². The number of fused-ring (bicyclic) bond motifs is 1. The Balaban J connectivity index is 1.79. The lowest BCUT2D eigenvalue weighted by Crippen LogP contribution is -2.34. The quantitative estimate of drug-likeness (QED) is 0.790. The fourth-order valence-electron chi connectivity index (χ4n) is 2.73. The molecule has 1 aliphatic rings. The average molecular weight is 324 g/mol. The van der Waals surface area contributed by atoms with Gasteiger partial charge >= 0.3 is 5.97 Å². The second-order valence-corrected chi connectivity index (χ2v) is 5.46. The molecule has 0 aromatic heterocycles. The zero-order chi connectivity index (χ0) is 16.9. The summed E-state index contributed by atoms with van der Waals surface area (Å²) in [6, 6.07) is 15.1. The Morgan fingerprint density at radius 2 is 1.92 bits per heavy atom. The van der Waals surface area contributed by atoms with Crippen LogP contribution in [0.5, 0.6) is 5.75 Å². The van der Waals surface area contributed by atoms with E-state index in [4.69, 9.17) is 9.47 Å². The number of rotatable bonds is 5. The third-order valence-corrected chi connectivity index (χ3v) is 3.94. The Hall–Kier alpha value is -2.82. The van der Waals surface area contributed by atoms with Gasteiger partial charge in [0, 0.05) is 6.54 Å². The Morgan fingerprint density at radius 3 is 2.71 bits per heavy atom. The third-order valence-electron chi connectivity index (χ3n) is 3.94. The number of esters is 1. The molecule has 0 aliphatic carbocycles. The third kappa shape index (κ3) is 3.25. The molecule has 2 aromatic rings. The molecule has 0 radical (unpaired) electrons. The maximum absolute atomic E-state index is 11.8. The molecule has 0 atom stereocenters. The van der Waals surface area contributed by atoms with Gasteiger partial charge in [0.1, 0.15) is 17.9 Å². The van der Waals surface area contributed by atoms with Crippen LogP contribution in [0.4, 0.5) is 11.4 Å². The molecular weight excluding hydrogens is 304 g/mol. The molecule has 124 valence electrons. The van der Waals surface area contributed by atoms with Gasteiger partial charge in [0.15, 0.2) is 0 Å². The van der Waals surface area contributed by atoms with Crippen LogP contribution in [0.15, 0.2) is 53.5 Å². The molecule has 24 heavy (non-hydrogen) atoms. The minimum absolute atomic E-state index is 0.332. The number of hydrogen-bond donors (Lipinski definition) is 0. The molecule has 0 N–H and O–H groups in total. The fraction of sp³-hybridized carbons (Fsp3) is 0.263. The molecule has 0 saturated carbocycles. The van der Waals surface area contributed by atoms with E-state index in [0.29, 0.717) is 24.5 Å². The van der Waals surface area contributed by atoms with Gasteiger partial charge in [-0.05, 0) is 31.2 Å². The first kappa shape index (κ1) is 16.1. The number of aliphatic imine (C=N–C) groups is 1. The van der Waals surface area contributed by atoms with Crippen LogP contribution in [-0.4, -0.2) is 38.5 Å². The molecule has 3 rings (SSSR count). The first-order chi connectivity index (χ1) is 11.7. The molecule has 1 aliphatic heterocycles. The van der Waals surface area contributed by atoms with Gasteiger partial charge in [0.25, 0.3) is 0 Å². The van der Waals surface area contributed by atoms with Crippen molar-refractivity contribution in [2.75, 3.05) is 31.7 Å². The number of benzene rings is 2. The van der Waals surface area contributed by atoms with Crippen molar-refractivity contribution in [3.05, 3.63) is 54.1 Å². The van der Waals surface area contributed by atoms with Crippen molar-refractivity contribution in [2.24, 2.45) is 4.99 Å². The van der Waals surface area contributed by atoms with Gasteiger partial charge in [0.2, 0.25) is 0 Å². The highest BCUT2D eigenvalue weighted by molar-refractivity contribution is 5.97. The molecule has 0 amide bonds. The van der Waals surface area contributed by atoms with E-state index in [0.717, 1.165) is 23.6 Å². The number of nitrogens with zero attached hydrogens (tertiary/aromatic N) is 2. The zero-order valence-corrected chi connectivity index (χ0v) is 13.9. The summed E-state index contributed by atoms with van der Waals surface area (Å²) in [7, 11) is 1.36. The van der Waals surface area contributed by atoms with Gasteiger partial charge in [-0.1, -0.05) is 24.3 Å². The van der Waals surface area contributed by atoms with E-state index < -0.39 is 5.97 Å². The van der Waals surface area contributed by atoms with Crippen molar-refractivity contribution >= 4 is 23.1 Å². The number of hydrogen-bond acceptors (Lipinski definition) is 5. The van der Waals surface area contributed by atoms with Crippen molar-refractivity contribution in [1.82, 2.24) is 0 Å². The largest absolute Gasteiger partial charge is 0.487 e. The SMILES string of the molecule is CCN1CC(COc2ccccc2C(=O)OC)=Nc2ccccc21. The van der Waals surface area contributed by atoms with Crippen molar-refractivity contribution < 1.29 is 14.3 Å². The lowest BCUT2D eigenvalue weighted by atomic mass is 10.1. The van der Waals surface area contributed by atoms with Crippen molar-refractivity contribution in [2.45, 2.75) is 6.92 Å². The monoisotopic (exact) mass is 324 g/mol. The number of carbonyl (C=O) groups is 1. The summed E-state index contributed by atoms with van der Waals surface area (Å²) in [6.07, 6.45) is 0. The topological polar surface area (TPSA) is 51.1 Å². The standard InChI is InChI=1S/C19H20N2O3/c1-3-21-12-14(20-16-9-5-6-10-17(16)21)13-24-18-11-7-4-8-15(18)19(22)23-2/h4-11H,3,12-13H2,1-2H3. The minimum Gasteiger partial charge on any atom is -0.487 e. The second-order valence-electron chi connectivity index (χ2n) is 5.46. The average Bonchev–Trinajstić information content (AvgIpc) is 2.65. The number of para-hydroxylation sites is 3. The van der Waals surface area contributed by atoms with E-state index in [2.05, 4.69) is 22.9 Å². The van der Waals surface area contributed by atoms with Crippen LogP contribution in [0.1, 0.15) is 17.3 Å². The van der Waals surface area contributed by atoms with Crippen molar-refractivity contribution in [3.8, 4) is 5.75 Å². The van der Waals surface area contributed by atoms with Crippen LogP contribution in [0, 0.1) is 0 Å². The molecule has 1 heterocycles. The van der Waals surface area contributed by atoms with Gasteiger partial charge in [-0.25, -0.2) is 4.79 Å². The Morgan fingerprint density at radius 1 is 1.17 bits per heavy atom. The molecule has 0 bridgehead atoms. The molecule has 2 aromatic carbocycles.